The maximum atomic E-state index is 11.9. The molecule has 0 radical (unpaired) electrons. The fraction of sp³-hybridized carbons (Fsp3) is 0.800. The first-order valence-electron chi connectivity index (χ1n) is 5.56. The van der Waals surface area contributed by atoms with Gasteiger partial charge in [0.05, 0.1) is 6.67 Å². The molecule has 0 aliphatic heterocycles. The summed E-state index contributed by atoms with van der Waals surface area (Å²) in [4.78, 5) is 0. The lowest BCUT2D eigenvalue weighted by atomic mass is 10.3. The molecule has 0 fully saturated rings. The van der Waals surface area contributed by atoms with Crippen LogP contribution < -0.4 is 5.73 Å². The molecule has 0 bridgehead atoms. The van der Waals surface area contributed by atoms with Crippen LogP contribution in [0.1, 0.15) is 25.1 Å². The summed E-state index contributed by atoms with van der Waals surface area (Å²) in [6.07, 6.45) is 3.38. The van der Waals surface area contributed by atoms with E-state index in [0.29, 0.717) is 13.0 Å². The third-order valence-corrected chi connectivity index (χ3v) is 3.41. The summed E-state index contributed by atoms with van der Waals surface area (Å²) in [5.74, 6) is 1.89. The Labute approximate surface area is 112 Å². The first-order chi connectivity index (χ1) is 7.79. The second-order valence-electron chi connectivity index (χ2n) is 3.59. The minimum Gasteiger partial charge on any atom is -0.330 e. The van der Waals surface area contributed by atoms with Gasteiger partial charge < -0.3 is 10.3 Å². The van der Waals surface area contributed by atoms with Crippen LogP contribution in [0.15, 0.2) is 5.16 Å². The predicted octanol–water partition coefficient (Wildman–Crippen LogP) is 1.97. The van der Waals surface area contributed by atoms with Crippen molar-refractivity contribution in [2.24, 2.45) is 12.8 Å². The highest BCUT2D eigenvalue weighted by Crippen LogP contribution is 2.17. The van der Waals surface area contributed by atoms with E-state index in [-0.39, 0.29) is 19.1 Å². The van der Waals surface area contributed by atoms with Crippen molar-refractivity contribution < 1.29 is 4.39 Å². The Balaban J connectivity index is 0.00000256. The van der Waals surface area contributed by atoms with Gasteiger partial charge in [0.15, 0.2) is 5.16 Å². The zero-order valence-corrected chi connectivity index (χ0v) is 11.7. The van der Waals surface area contributed by atoms with Gasteiger partial charge in [-0.15, -0.1) is 22.6 Å². The molecule has 0 aliphatic rings. The second-order valence-corrected chi connectivity index (χ2v) is 4.66. The van der Waals surface area contributed by atoms with Gasteiger partial charge in [0, 0.05) is 19.2 Å². The molecule has 1 aromatic heterocycles. The van der Waals surface area contributed by atoms with Crippen LogP contribution in [-0.2, 0) is 13.5 Å². The van der Waals surface area contributed by atoms with Crippen LogP contribution >= 0.6 is 24.2 Å². The van der Waals surface area contributed by atoms with Crippen molar-refractivity contribution in [3.63, 3.8) is 0 Å². The standard InChI is InChI=1S/C10H19FN4S.ClH/c1-15-9(5-7-12)13-14-10(15)16-8-4-2-3-6-11;/h2-8,12H2,1H3;1H. The zero-order chi connectivity index (χ0) is 11.8. The molecule has 2 N–H and O–H groups in total. The molecule has 0 saturated heterocycles. The molecule has 1 rings (SSSR count). The minimum absolute atomic E-state index is 0. The highest BCUT2D eigenvalue weighted by atomic mass is 35.5. The van der Waals surface area contributed by atoms with E-state index >= 15 is 0 Å². The topological polar surface area (TPSA) is 56.7 Å². The molecular formula is C10H20ClFN4S. The largest absolute Gasteiger partial charge is 0.330 e. The van der Waals surface area contributed by atoms with Crippen LogP contribution in [-0.4, -0.2) is 33.7 Å². The number of halogens is 2. The smallest absolute Gasteiger partial charge is 0.190 e. The number of thioether (sulfide) groups is 1. The average Bonchev–Trinajstić information content (AvgIpc) is 2.62. The van der Waals surface area contributed by atoms with E-state index in [4.69, 9.17) is 5.73 Å². The fourth-order valence-corrected chi connectivity index (χ4v) is 2.28. The molecule has 100 valence electrons. The van der Waals surface area contributed by atoms with Crippen molar-refractivity contribution in [3.8, 4) is 0 Å². The zero-order valence-electron chi connectivity index (χ0n) is 10.1. The SMILES string of the molecule is Cl.Cn1c(CCN)nnc1SCCCCCF. The summed E-state index contributed by atoms with van der Waals surface area (Å²) in [7, 11) is 1.95. The van der Waals surface area contributed by atoms with Gasteiger partial charge in [0.25, 0.3) is 0 Å². The van der Waals surface area contributed by atoms with Gasteiger partial charge in [-0.1, -0.05) is 18.2 Å². The number of nitrogens with zero attached hydrogens (tertiary/aromatic N) is 3. The number of alkyl halides is 1. The number of rotatable bonds is 8. The molecule has 1 heterocycles. The van der Waals surface area contributed by atoms with Crippen molar-refractivity contribution >= 4 is 24.2 Å². The normalized spacial score (nSPS) is 10.3. The molecule has 0 spiro atoms. The summed E-state index contributed by atoms with van der Waals surface area (Å²) in [5.41, 5.74) is 5.47. The Morgan fingerprint density at radius 1 is 1.29 bits per heavy atom. The van der Waals surface area contributed by atoms with E-state index in [1.807, 2.05) is 11.6 Å². The number of unbranched alkanes of at least 4 members (excludes halogenated alkanes) is 2. The van der Waals surface area contributed by atoms with Gasteiger partial charge in [0.2, 0.25) is 0 Å². The predicted molar refractivity (Wildman–Crippen MR) is 71.6 cm³/mol. The van der Waals surface area contributed by atoms with Crippen molar-refractivity contribution in [3.05, 3.63) is 5.82 Å². The summed E-state index contributed by atoms with van der Waals surface area (Å²) >= 11 is 1.67. The van der Waals surface area contributed by atoms with Gasteiger partial charge in [-0.2, -0.15) is 0 Å². The van der Waals surface area contributed by atoms with E-state index in [9.17, 15) is 4.39 Å². The highest BCUT2D eigenvalue weighted by molar-refractivity contribution is 7.99. The third-order valence-electron chi connectivity index (χ3n) is 2.30. The lowest BCUT2D eigenvalue weighted by Crippen LogP contribution is -2.08. The Kier molecular flexibility index (Phi) is 9.49. The molecule has 0 atom stereocenters. The Hall–Kier alpha value is -0.330. The van der Waals surface area contributed by atoms with Crippen LogP contribution in [0.5, 0.6) is 0 Å². The molecule has 7 heteroatoms. The van der Waals surface area contributed by atoms with Crippen molar-refractivity contribution in [2.75, 3.05) is 19.0 Å². The minimum atomic E-state index is -0.213. The molecular weight excluding hydrogens is 263 g/mol. The summed E-state index contributed by atoms with van der Waals surface area (Å²) in [6, 6.07) is 0. The van der Waals surface area contributed by atoms with Crippen molar-refractivity contribution in [2.45, 2.75) is 30.8 Å². The van der Waals surface area contributed by atoms with E-state index < -0.39 is 0 Å². The van der Waals surface area contributed by atoms with Crippen LogP contribution in [0.25, 0.3) is 0 Å². The van der Waals surface area contributed by atoms with Crippen LogP contribution in [0, 0.1) is 0 Å². The molecule has 0 saturated carbocycles. The van der Waals surface area contributed by atoms with Crippen molar-refractivity contribution in [1.82, 2.24) is 14.8 Å². The molecule has 4 nitrogen and oxygen atoms in total. The number of hydrogen-bond donors (Lipinski definition) is 1. The van der Waals surface area contributed by atoms with E-state index in [0.717, 1.165) is 36.0 Å². The van der Waals surface area contributed by atoms with E-state index in [1.54, 1.807) is 11.8 Å². The van der Waals surface area contributed by atoms with Crippen LogP contribution in [0.2, 0.25) is 0 Å². The maximum absolute atomic E-state index is 11.9. The Morgan fingerprint density at radius 2 is 2.06 bits per heavy atom. The monoisotopic (exact) mass is 282 g/mol. The van der Waals surface area contributed by atoms with Gasteiger partial charge in [-0.25, -0.2) is 0 Å². The molecule has 0 unspecified atom stereocenters. The second kappa shape index (κ2) is 9.67. The maximum Gasteiger partial charge on any atom is 0.190 e. The van der Waals surface area contributed by atoms with Gasteiger partial charge in [-0.3, -0.25) is 4.39 Å². The third kappa shape index (κ3) is 5.70. The molecule has 1 aromatic rings. The Bertz CT molecular complexity index is 308. The van der Waals surface area contributed by atoms with Crippen molar-refractivity contribution in [1.29, 1.82) is 0 Å². The lowest BCUT2D eigenvalue weighted by molar-refractivity contribution is 0.460. The number of nitrogens with two attached hydrogens (primary N) is 1. The van der Waals surface area contributed by atoms with E-state index in [1.165, 1.54) is 0 Å². The number of hydrogen-bond acceptors (Lipinski definition) is 4. The molecule has 0 aliphatic carbocycles. The molecule has 17 heavy (non-hydrogen) atoms. The van der Waals surface area contributed by atoms with Crippen LogP contribution in [0.4, 0.5) is 4.39 Å². The molecule has 0 amide bonds. The summed E-state index contributed by atoms with van der Waals surface area (Å²) in [5, 5.41) is 9.09. The first kappa shape index (κ1) is 16.7. The highest BCUT2D eigenvalue weighted by Gasteiger charge is 2.07. The summed E-state index contributed by atoms with van der Waals surface area (Å²) < 4.78 is 13.8. The average molecular weight is 283 g/mol. The lowest BCUT2D eigenvalue weighted by Gasteiger charge is -2.02. The number of aromatic nitrogens is 3. The van der Waals surface area contributed by atoms with Gasteiger partial charge in [-0.05, 0) is 19.4 Å². The Morgan fingerprint density at radius 3 is 2.71 bits per heavy atom. The molecule has 0 aromatic carbocycles. The van der Waals surface area contributed by atoms with Gasteiger partial charge in [0.1, 0.15) is 5.82 Å². The van der Waals surface area contributed by atoms with E-state index in [2.05, 4.69) is 10.2 Å². The van der Waals surface area contributed by atoms with Gasteiger partial charge >= 0.3 is 0 Å². The quantitative estimate of drug-likeness (QED) is 0.585. The fourth-order valence-electron chi connectivity index (χ4n) is 1.35. The first-order valence-corrected chi connectivity index (χ1v) is 6.55. The summed E-state index contributed by atoms with van der Waals surface area (Å²) in [6.45, 7) is 0.377. The van der Waals surface area contributed by atoms with Crippen LogP contribution in [0.3, 0.4) is 0 Å².